The Morgan fingerprint density at radius 3 is 2.82 bits per heavy atom. The summed E-state index contributed by atoms with van der Waals surface area (Å²) < 4.78 is 4.63. The largest absolute Gasteiger partial charge is 0.468 e. The zero-order valence-corrected chi connectivity index (χ0v) is 7.09. The standard InChI is InChI=1S/C8H15NO2/c1-3-6-4-5-7(9-6)8(10)11-2/h6-7,9H,3-5H2,1-2H3/t6-,7+/m0/s1. The van der Waals surface area contributed by atoms with E-state index in [1.807, 2.05) is 0 Å². The lowest BCUT2D eigenvalue weighted by Gasteiger charge is -2.09. The van der Waals surface area contributed by atoms with Crippen molar-refractivity contribution in [3.8, 4) is 0 Å². The minimum absolute atomic E-state index is 0.0510. The van der Waals surface area contributed by atoms with Crippen molar-refractivity contribution in [3.63, 3.8) is 0 Å². The zero-order chi connectivity index (χ0) is 8.27. The average Bonchev–Trinajstić information content (AvgIpc) is 2.50. The summed E-state index contributed by atoms with van der Waals surface area (Å²) >= 11 is 0. The summed E-state index contributed by atoms with van der Waals surface area (Å²) in [6.07, 6.45) is 3.11. The normalized spacial score (nSPS) is 30.4. The molecule has 3 nitrogen and oxygen atoms in total. The summed E-state index contributed by atoms with van der Waals surface area (Å²) in [7, 11) is 1.43. The van der Waals surface area contributed by atoms with Crippen LogP contribution in [0.3, 0.4) is 0 Å². The molecule has 1 fully saturated rings. The van der Waals surface area contributed by atoms with E-state index < -0.39 is 0 Å². The Bertz CT molecular complexity index is 147. The van der Waals surface area contributed by atoms with E-state index in [9.17, 15) is 4.79 Å². The molecule has 0 aliphatic carbocycles. The highest BCUT2D eigenvalue weighted by atomic mass is 16.5. The molecule has 0 amide bonds. The Morgan fingerprint density at radius 2 is 2.36 bits per heavy atom. The van der Waals surface area contributed by atoms with E-state index in [4.69, 9.17) is 0 Å². The van der Waals surface area contributed by atoms with Crippen molar-refractivity contribution in [1.29, 1.82) is 0 Å². The molecule has 0 saturated carbocycles. The van der Waals surface area contributed by atoms with Gasteiger partial charge in [-0.05, 0) is 19.3 Å². The maximum atomic E-state index is 11.0. The SMILES string of the molecule is CC[C@H]1CC[C@H](C(=O)OC)N1. The van der Waals surface area contributed by atoms with Gasteiger partial charge in [0, 0.05) is 6.04 Å². The molecule has 1 rings (SSSR count). The number of methoxy groups -OCH3 is 1. The fraction of sp³-hybridized carbons (Fsp3) is 0.875. The summed E-state index contributed by atoms with van der Waals surface area (Å²) in [5.41, 5.74) is 0. The fourth-order valence-electron chi connectivity index (χ4n) is 1.47. The van der Waals surface area contributed by atoms with Crippen LogP contribution in [0.15, 0.2) is 0 Å². The second-order valence-corrected chi connectivity index (χ2v) is 2.92. The summed E-state index contributed by atoms with van der Waals surface area (Å²) in [5, 5.41) is 3.22. The second-order valence-electron chi connectivity index (χ2n) is 2.92. The molecule has 0 bridgehead atoms. The number of esters is 1. The number of hydrogen-bond donors (Lipinski definition) is 1. The van der Waals surface area contributed by atoms with Crippen molar-refractivity contribution in [2.45, 2.75) is 38.3 Å². The molecule has 1 aliphatic rings. The Hall–Kier alpha value is -0.570. The predicted octanol–water partition coefficient (Wildman–Crippen LogP) is 0.690. The highest BCUT2D eigenvalue weighted by Crippen LogP contribution is 2.15. The fourth-order valence-corrected chi connectivity index (χ4v) is 1.47. The van der Waals surface area contributed by atoms with Crippen molar-refractivity contribution >= 4 is 5.97 Å². The summed E-state index contributed by atoms with van der Waals surface area (Å²) in [5.74, 6) is -0.124. The van der Waals surface area contributed by atoms with E-state index in [1.54, 1.807) is 0 Å². The second kappa shape index (κ2) is 3.72. The highest BCUT2D eigenvalue weighted by molar-refractivity contribution is 5.76. The maximum absolute atomic E-state index is 11.0. The van der Waals surface area contributed by atoms with Crippen LogP contribution < -0.4 is 5.32 Å². The monoisotopic (exact) mass is 157 g/mol. The van der Waals surface area contributed by atoms with E-state index in [-0.39, 0.29) is 12.0 Å². The highest BCUT2D eigenvalue weighted by Gasteiger charge is 2.28. The number of rotatable bonds is 2. The van der Waals surface area contributed by atoms with Crippen LogP contribution >= 0.6 is 0 Å². The number of carbonyl (C=O) groups excluding carboxylic acids is 1. The molecule has 0 aromatic rings. The van der Waals surface area contributed by atoms with Gasteiger partial charge in [-0.2, -0.15) is 0 Å². The quantitative estimate of drug-likeness (QED) is 0.599. The molecular weight excluding hydrogens is 142 g/mol. The van der Waals surface area contributed by atoms with E-state index >= 15 is 0 Å². The minimum atomic E-state index is -0.124. The topological polar surface area (TPSA) is 38.3 Å². The van der Waals surface area contributed by atoms with E-state index in [0.717, 1.165) is 19.3 Å². The molecule has 1 N–H and O–H groups in total. The van der Waals surface area contributed by atoms with Gasteiger partial charge in [0.15, 0.2) is 0 Å². The molecule has 0 aromatic heterocycles. The third-order valence-corrected chi connectivity index (χ3v) is 2.22. The van der Waals surface area contributed by atoms with E-state index in [0.29, 0.717) is 6.04 Å². The van der Waals surface area contributed by atoms with Gasteiger partial charge in [0.25, 0.3) is 0 Å². The molecule has 11 heavy (non-hydrogen) atoms. The lowest BCUT2D eigenvalue weighted by Crippen LogP contribution is -2.35. The molecule has 0 radical (unpaired) electrons. The molecule has 1 aliphatic heterocycles. The third-order valence-electron chi connectivity index (χ3n) is 2.22. The molecule has 64 valence electrons. The van der Waals surface area contributed by atoms with Gasteiger partial charge < -0.3 is 10.1 Å². The molecule has 2 atom stereocenters. The first-order valence-corrected chi connectivity index (χ1v) is 4.11. The molecule has 0 aromatic carbocycles. The maximum Gasteiger partial charge on any atom is 0.322 e. The van der Waals surface area contributed by atoms with Crippen molar-refractivity contribution in [2.24, 2.45) is 0 Å². The van der Waals surface area contributed by atoms with E-state index in [2.05, 4.69) is 17.0 Å². The molecular formula is C8H15NO2. The van der Waals surface area contributed by atoms with Gasteiger partial charge in [0.2, 0.25) is 0 Å². The lowest BCUT2D eigenvalue weighted by molar-refractivity contribution is -0.142. The van der Waals surface area contributed by atoms with Crippen LogP contribution in [0.1, 0.15) is 26.2 Å². The van der Waals surface area contributed by atoms with Crippen LogP contribution in [0.4, 0.5) is 0 Å². The Morgan fingerprint density at radius 1 is 1.64 bits per heavy atom. The van der Waals surface area contributed by atoms with E-state index in [1.165, 1.54) is 7.11 Å². The number of nitrogens with one attached hydrogen (secondary N) is 1. The number of ether oxygens (including phenoxy) is 1. The first-order chi connectivity index (χ1) is 5.27. The summed E-state index contributed by atoms with van der Waals surface area (Å²) in [6.45, 7) is 2.12. The van der Waals surface area contributed by atoms with Crippen LogP contribution in [0.2, 0.25) is 0 Å². The van der Waals surface area contributed by atoms with Gasteiger partial charge in [-0.25, -0.2) is 0 Å². The molecule has 1 saturated heterocycles. The Kier molecular flexibility index (Phi) is 2.88. The van der Waals surface area contributed by atoms with Gasteiger partial charge in [0.05, 0.1) is 7.11 Å². The van der Waals surface area contributed by atoms with Crippen LogP contribution in [-0.2, 0) is 9.53 Å². The van der Waals surface area contributed by atoms with Crippen LogP contribution in [-0.4, -0.2) is 25.2 Å². The minimum Gasteiger partial charge on any atom is -0.468 e. The van der Waals surface area contributed by atoms with Crippen molar-refractivity contribution in [2.75, 3.05) is 7.11 Å². The van der Waals surface area contributed by atoms with Gasteiger partial charge in [-0.15, -0.1) is 0 Å². The zero-order valence-electron chi connectivity index (χ0n) is 7.09. The van der Waals surface area contributed by atoms with Crippen molar-refractivity contribution in [3.05, 3.63) is 0 Å². The van der Waals surface area contributed by atoms with Crippen LogP contribution in [0.5, 0.6) is 0 Å². The lowest BCUT2D eigenvalue weighted by atomic mass is 10.1. The van der Waals surface area contributed by atoms with Crippen LogP contribution in [0.25, 0.3) is 0 Å². The first-order valence-electron chi connectivity index (χ1n) is 4.11. The summed E-state index contributed by atoms with van der Waals surface area (Å²) in [4.78, 5) is 11.0. The Labute approximate surface area is 67.1 Å². The smallest absolute Gasteiger partial charge is 0.322 e. The van der Waals surface area contributed by atoms with Crippen LogP contribution in [0, 0.1) is 0 Å². The van der Waals surface area contributed by atoms with Gasteiger partial charge in [-0.3, -0.25) is 4.79 Å². The van der Waals surface area contributed by atoms with Crippen molar-refractivity contribution < 1.29 is 9.53 Å². The average molecular weight is 157 g/mol. The number of hydrogen-bond acceptors (Lipinski definition) is 3. The number of carbonyl (C=O) groups is 1. The van der Waals surface area contributed by atoms with Crippen molar-refractivity contribution in [1.82, 2.24) is 5.32 Å². The first kappa shape index (κ1) is 8.53. The molecule has 1 heterocycles. The predicted molar refractivity (Wildman–Crippen MR) is 42.3 cm³/mol. The van der Waals surface area contributed by atoms with Gasteiger partial charge >= 0.3 is 5.97 Å². The Balaban J connectivity index is 2.35. The molecule has 0 spiro atoms. The molecule has 0 unspecified atom stereocenters. The molecule has 3 heteroatoms. The van der Waals surface area contributed by atoms with Gasteiger partial charge in [0.1, 0.15) is 6.04 Å². The van der Waals surface area contributed by atoms with Gasteiger partial charge in [-0.1, -0.05) is 6.92 Å². The summed E-state index contributed by atoms with van der Waals surface area (Å²) in [6, 6.07) is 0.462. The third kappa shape index (κ3) is 1.93.